The predicted molar refractivity (Wildman–Crippen MR) is 205 cm³/mol. The van der Waals surface area contributed by atoms with Gasteiger partial charge in [0, 0.05) is 30.6 Å². The summed E-state index contributed by atoms with van der Waals surface area (Å²) in [6, 6.07) is 30.6. The Morgan fingerprint density at radius 2 is 1.49 bits per heavy atom. The average molecular weight is 875 g/mol. The van der Waals surface area contributed by atoms with Gasteiger partial charge in [-0.1, -0.05) is 90.3 Å². The highest BCUT2D eigenvalue weighted by atomic mass is 79.9. The minimum atomic E-state index is -1.06. The van der Waals surface area contributed by atoms with Gasteiger partial charge in [-0.05, 0) is 86.0 Å². The first-order valence-corrected chi connectivity index (χ1v) is 19.1. The Morgan fingerprint density at radius 3 is 2.14 bits per heavy atom. The number of imide groups is 1. The molecule has 0 bridgehead atoms. The Balaban J connectivity index is 1.09. The number of Topliss-reactive ketones (excluding diaryl/α,β-unsaturated/α-hetero) is 1. The summed E-state index contributed by atoms with van der Waals surface area (Å²) in [4.78, 5) is 60.1. The minimum absolute atomic E-state index is 0.122. The zero-order valence-corrected chi connectivity index (χ0v) is 32.1. The molecule has 1 aromatic heterocycles. The smallest absolute Gasteiger partial charge is 0.339 e. The average Bonchev–Trinajstić information content (AvgIpc) is 3.38. The topological polar surface area (TPSA) is 103 Å². The van der Waals surface area contributed by atoms with Crippen molar-refractivity contribution in [2.45, 2.75) is 42.1 Å². The second kappa shape index (κ2) is 14.8. The van der Waals surface area contributed by atoms with Crippen LogP contribution in [0.1, 0.15) is 46.0 Å². The van der Waals surface area contributed by atoms with Gasteiger partial charge in [-0.2, -0.15) is 0 Å². The normalized spacial score (nSPS) is 20.6. The summed E-state index contributed by atoms with van der Waals surface area (Å²) in [6.45, 7) is 1.95. The fourth-order valence-electron chi connectivity index (χ4n) is 6.61. The van der Waals surface area contributed by atoms with Gasteiger partial charge in [0.1, 0.15) is 12.4 Å². The third-order valence-electron chi connectivity index (χ3n) is 9.36. The molecule has 0 spiro atoms. The van der Waals surface area contributed by atoms with Gasteiger partial charge in [0.2, 0.25) is 17.6 Å². The first-order chi connectivity index (χ1) is 24.6. The van der Waals surface area contributed by atoms with Crippen LogP contribution in [0.3, 0.4) is 0 Å². The number of hydrogen-bond donors (Lipinski definition) is 0. The molecule has 51 heavy (non-hydrogen) atoms. The lowest BCUT2D eigenvalue weighted by molar-refractivity contribution is -0.122. The second-order valence-corrected chi connectivity index (χ2v) is 16.0. The molecule has 5 unspecified atom stereocenters. The van der Waals surface area contributed by atoms with Gasteiger partial charge in [0.05, 0.1) is 34.3 Å². The number of anilines is 1. The van der Waals surface area contributed by atoms with E-state index < -0.39 is 12.1 Å². The van der Waals surface area contributed by atoms with E-state index in [-0.39, 0.29) is 44.7 Å². The number of alkyl halides is 2. The quantitative estimate of drug-likeness (QED) is 0.0631. The molecule has 1 saturated heterocycles. The van der Waals surface area contributed by atoms with Crippen LogP contribution in [0.2, 0.25) is 0 Å². The first-order valence-electron chi connectivity index (χ1n) is 16.5. The zero-order valence-electron chi connectivity index (χ0n) is 27.3. The number of pyridine rings is 1. The van der Waals surface area contributed by atoms with Crippen LogP contribution < -0.4 is 9.64 Å². The Hall–Kier alpha value is -4.19. The highest BCUT2D eigenvalue weighted by molar-refractivity contribution is 9.12. The third kappa shape index (κ3) is 7.29. The lowest BCUT2D eigenvalue weighted by Gasteiger charge is -2.29. The molecule has 5 atom stereocenters. The van der Waals surface area contributed by atoms with E-state index in [0.29, 0.717) is 58.6 Å². The lowest BCUT2D eigenvalue weighted by Crippen LogP contribution is -2.34. The van der Waals surface area contributed by atoms with Crippen molar-refractivity contribution in [3.05, 3.63) is 124 Å². The number of halogens is 3. The van der Waals surface area contributed by atoms with Crippen LogP contribution in [0.4, 0.5) is 5.69 Å². The first kappa shape index (κ1) is 35.2. The maximum absolute atomic E-state index is 13.7. The number of rotatable bonds is 9. The van der Waals surface area contributed by atoms with Crippen molar-refractivity contribution in [2.24, 2.45) is 11.8 Å². The molecule has 2 heterocycles. The molecule has 1 saturated carbocycles. The molecule has 5 aromatic rings. The molecule has 258 valence electrons. The molecule has 2 amide bonds. The van der Waals surface area contributed by atoms with Crippen molar-refractivity contribution in [2.75, 3.05) is 4.90 Å². The van der Waals surface area contributed by atoms with E-state index in [1.165, 1.54) is 4.90 Å². The maximum Gasteiger partial charge on any atom is 0.339 e. The monoisotopic (exact) mass is 872 g/mol. The van der Waals surface area contributed by atoms with Gasteiger partial charge < -0.3 is 9.47 Å². The van der Waals surface area contributed by atoms with E-state index in [2.05, 4.69) is 47.8 Å². The number of hydrogen-bond acceptors (Lipinski definition) is 7. The fourth-order valence-corrected chi connectivity index (χ4v) is 8.21. The van der Waals surface area contributed by atoms with Crippen LogP contribution in [0.5, 0.6) is 5.75 Å². The zero-order chi connectivity index (χ0) is 35.8. The number of carbonyl (C=O) groups excluding carboxylic acids is 4. The number of ether oxygens (including phenoxy) is 2. The Labute approximate surface area is 319 Å². The van der Waals surface area contributed by atoms with Gasteiger partial charge in [-0.15, -0.1) is 0 Å². The van der Waals surface area contributed by atoms with Gasteiger partial charge >= 0.3 is 5.97 Å². The van der Waals surface area contributed by atoms with Gasteiger partial charge in [0.15, 0.2) is 6.10 Å². The number of aromatic nitrogens is 1. The number of nitrogens with zero attached hydrogens (tertiary/aromatic N) is 2. The van der Waals surface area contributed by atoms with E-state index in [0.717, 1.165) is 10.0 Å². The molecule has 2 fully saturated rings. The van der Waals surface area contributed by atoms with Gasteiger partial charge in [-0.25, -0.2) is 9.78 Å². The summed E-state index contributed by atoms with van der Waals surface area (Å²) in [5.74, 6) is -1.47. The molecular weight excluding hydrogens is 844 g/mol. The lowest BCUT2D eigenvalue weighted by atomic mass is 9.81. The number of amides is 2. The van der Waals surface area contributed by atoms with Crippen molar-refractivity contribution in [3.8, 4) is 17.0 Å². The van der Waals surface area contributed by atoms with Crippen molar-refractivity contribution in [3.63, 3.8) is 0 Å². The molecule has 8 nitrogen and oxygen atoms in total. The SMILES string of the molecule is CC(OC(=O)c1cc(-c2ccc(N3C(=O)C4CC(Br)C(Br)CC4C3=O)cc2)nc2ccc(Br)cc12)C(=O)c1ccc(OCc2ccccc2)cc1. The fraction of sp³-hybridized carbons (Fsp3) is 0.225. The van der Waals surface area contributed by atoms with Crippen LogP contribution in [0, 0.1) is 11.8 Å². The number of fused-ring (bicyclic) bond motifs is 2. The van der Waals surface area contributed by atoms with Crippen molar-refractivity contribution in [1.29, 1.82) is 0 Å². The summed E-state index contributed by atoms with van der Waals surface area (Å²) >= 11 is 10.8. The largest absolute Gasteiger partial charge is 0.489 e. The molecule has 11 heteroatoms. The number of ketones is 1. The Bertz CT molecular complexity index is 2110. The molecule has 1 aliphatic carbocycles. The standard InChI is InChI=1S/C40H31Br3N2O6/c1-22(37(46)25-9-14-28(15-10-25)50-21-23-5-3-2-4-6-23)51-40(49)32-20-36(44-35-16-11-26(41)17-29(32)35)24-7-12-27(13-8-24)45-38(47)30-18-33(42)34(43)19-31(30)39(45)48/h2-17,20,22,30-31,33-34H,18-19,21H2,1H3. The summed E-state index contributed by atoms with van der Waals surface area (Å²) in [5.41, 5.74) is 3.88. The van der Waals surface area contributed by atoms with Crippen LogP contribution in [-0.4, -0.2) is 44.3 Å². The highest BCUT2D eigenvalue weighted by Crippen LogP contribution is 2.44. The highest BCUT2D eigenvalue weighted by Gasteiger charge is 2.52. The van der Waals surface area contributed by atoms with Crippen molar-refractivity contribution >= 4 is 87.9 Å². The van der Waals surface area contributed by atoms with Crippen molar-refractivity contribution in [1.82, 2.24) is 4.98 Å². The third-order valence-corrected chi connectivity index (χ3v) is 12.6. The molecule has 7 rings (SSSR count). The summed E-state index contributed by atoms with van der Waals surface area (Å²) in [6.07, 6.45) is 0.123. The van der Waals surface area contributed by atoms with Crippen LogP contribution in [0.25, 0.3) is 22.2 Å². The Kier molecular flexibility index (Phi) is 10.2. The second-order valence-electron chi connectivity index (χ2n) is 12.7. The number of carbonyl (C=O) groups is 4. The Morgan fingerprint density at radius 1 is 0.843 bits per heavy atom. The van der Waals surface area contributed by atoms with Gasteiger partial charge in [-0.3, -0.25) is 19.3 Å². The minimum Gasteiger partial charge on any atom is -0.489 e. The maximum atomic E-state index is 13.7. The molecule has 4 aromatic carbocycles. The number of esters is 1. The predicted octanol–water partition coefficient (Wildman–Crippen LogP) is 9.10. The molecule has 0 radical (unpaired) electrons. The van der Waals surface area contributed by atoms with E-state index in [4.69, 9.17) is 14.5 Å². The van der Waals surface area contributed by atoms with E-state index in [1.54, 1.807) is 73.7 Å². The summed E-state index contributed by atoms with van der Waals surface area (Å²) in [7, 11) is 0. The van der Waals surface area contributed by atoms with Crippen LogP contribution in [-0.2, 0) is 20.9 Å². The van der Waals surface area contributed by atoms with Crippen LogP contribution >= 0.6 is 47.8 Å². The van der Waals surface area contributed by atoms with E-state index >= 15 is 0 Å². The number of benzene rings is 4. The van der Waals surface area contributed by atoms with Crippen LogP contribution in [0.15, 0.2) is 108 Å². The molecule has 0 N–H and O–H groups in total. The van der Waals surface area contributed by atoms with Gasteiger partial charge in [0.25, 0.3) is 0 Å². The molecule has 2 aliphatic rings. The van der Waals surface area contributed by atoms with E-state index in [9.17, 15) is 19.2 Å². The summed E-state index contributed by atoms with van der Waals surface area (Å²) in [5, 5.41) is 0.556. The molecular formula is C40H31Br3N2O6. The molecule has 1 aliphatic heterocycles. The van der Waals surface area contributed by atoms with E-state index in [1.807, 2.05) is 36.4 Å². The van der Waals surface area contributed by atoms with Crippen molar-refractivity contribution < 1.29 is 28.7 Å². The summed E-state index contributed by atoms with van der Waals surface area (Å²) < 4.78 is 12.3.